The van der Waals surface area contributed by atoms with Crippen molar-refractivity contribution in [2.45, 2.75) is 20.3 Å². The number of nitrogens with one attached hydrogen (secondary N) is 2. The largest absolute Gasteiger partial charge is 0.369 e. The Bertz CT molecular complexity index is 600. The Morgan fingerprint density at radius 3 is 2.75 bits per heavy atom. The second-order valence-electron chi connectivity index (χ2n) is 4.42. The summed E-state index contributed by atoms with van der Waals surface area (Å²) in [6.07, 6.45) is 7.34. The third kappa shape index (κ3) is 3.74. The molecule has 0 aliphatic heterocycles. The van der Waals surface area contributed by atoms with Gasteiger partial charge in [0.25, 0.3) is 5.91 Å². The number of carbonyl (C=O) groups is 1. The summed E-state index contributed by atoms with van der Waals surface area (Å²) < 4.78 is 0. The molecule has 0 bridgehead atoms. The minimum atomic E-state index is -0.301. The van der Waals surface area contributed by atoms with E-state index in [0.717, 1.165) is 18.5 Å². The average molecular weight is 271 g/mol. The van der Waals surface area contributed by atoms with Gasteiger partial charge in [-0.15, -0.1) is 0 Å². The number of pyridine rings is 1. The number of rotatable bonds is 5. The molecule has 2 rings (SSSR count). The van der Waals surface area contributed by atoms with E-state index in [1.54, 1.807) is 18.6 Å². The lowest BCUT2D eigenvalue weighted by Gasteiger charge is -2.07. The van der Waals surface area contributed by atoms with Gasteiger partial charge in [-0.05, 0) is 25.0 Å². The maximum Gasteiger partial charge on any atom is 0.275 e. The minimum Gasteiger partial charge on any atom is -0.369 e. The van der Waals surface area contributed by atoms with Crippen molar-refractivity contribution >= 4 is 17.4 Å². The normalized spacial score (nSPS) is 10.1. The molecule has 0 radical (unpaired) electrons. The molecule has 2 heterocycles. The highest BCUT2D eigenvalue weighted by Gasteiger charge is 2.09. The zero-order valence-electron chi connectivity index (χ0n) is 11.6. The van der Waals surface area contributed by atoms with E-state index in [2.05, 4.69) is 32.5 Å². The second kappa shape index (κ2) is 6.60. The minimum absolute atomic E-state index is 0.271. The average Bonchev–Trinajstić information content (AvgIpc) is 2.45. The molecular weight excluding hydrogens is 254 g/mol. The van der Waals surface area contributed by atoms with Gasteiger partial charge < -0.3 is 10.6 Å². The van der Waals surface area contributed by atoms with Crippen molar-refractivity contribution < 1.29 is 4.79 Å². The molecule has 2 N–H and O–H groups in total. The first-order valence-corrected chi connectivity index (χ1v) is 6.48. The summed E-state index contributed by atoms with van der Waals surface area (Å²) in [6.45, 7) is 4.76. The van der Waals surface area contributed by atoms with Gasteiger partial charge in [-0.3, -0.25) is 14.8 Å². The number of hydrogen-bond donors (Lipinski definition) is 2. The van der Waals surface area contributed by atoms with Crippen LogP contribution in [0.15, 0.2) is 30.9 Å². The standard InChI is InChI=1S/C14H17N5O/c1-3-4-17-13-9-16-8-12(19-13)14(20)18-11-5-10(2)6-15-7-11/h5-9H,3-4H2,1-2H3,(H,17,19)(H,18,20). The first-order chi connectivity index (χ1) is 9.69. The van der Waals surface area contributed by atoms with E-state index in [0.29, 0.717) is 11.5 Å². The van der Waals surface area contributed by atoms with Crippen LogP contribution in [0.1, 0.15) is 29.4 Å². The fourth-order valence-electron chi connectivity index (χ4n) is 1.63. The van der Waals surface area contributed by atoms with Gasteiger partial charge in [0, 0.05) is 12.7 Å². The summed E-state index contributed by atoms with van der Waals surface area (Å²) in [7, 11) is 0. The molecule has 0 spiro atoms. The Morgan fingerprint density at radius 1 is 1.20 bits per heavy atom. The third-order valence-electron chi connectivity index (χ3n) is 2.56. The summed E-state index contributed by atoms with van der Waals surface area (Å²) in [5, 5.41) is 5.85. The molecule has 6 nitrogen and oxygen atoms in total. The van der Waals surface area contributed by atoms with E-state index in [4.69, 9.17) is 0 Å². The maximum atomic E-state index is 12.1. The van der Waals surface area contributed by atoms with E-state index in [1.807, 2.05) is 13.0 Å². The van der Waals surface area contributed by atoms with E-state index < -0.39 is 0 Å². The zero-order valence-corrected chi connectivity index (χ0v) is 11.6. The molecule has 0 aromatic carbocycles. The van der Waals surface area contributed by atoms with Crippen LogP contribution < -0.4 is 10.6 Å². The molecule has 1 amide bonds. The highest BCUT2D eigenvalue weighted by molar-refractivity contribution is 6.02. The van der Waals surface area contributed by atoms with Crippen LogP contribution in [0.25, 0.3) is 0 Å². The van der Waals surface area contributed by atoms with Crippen molar-refractivity contribution in [3.8, 4) is 0 Å². The number of aromatic nitrogens is 3. The molecule has 20 heavy (non-hydrogen) atoms. The number of aryl methyl sites for hydroxylation is 1. The van der Waals surface area contributed by atoms with Gasteiger partial charge >= 0.3 is 0 Å². The molecule has 6 heteroatoms. The van der Waals surface area contributed by atoms with Crippen LogP contribution in [0, 0.1) is 6.92 Å². The Balaban J connectivity index is 2.09. The van der Waals surface area contributed by atoms with Crippen molar-refractivity contribution in [1.29, 1.82) is 0 Å². The van der Waals surface area contributed by atoms with Crippen molar-refractivity contribution in [2.75, 3.05) is 17.2 Å². The molecule has 0 aliphatic rings. The summed E-state index contributed by atoms with van der Waals surface area (Å²) in [4.78, 5) is 24.3. The number of nitrogens with zero attached hydrogens (tertiary/aromatic N) is 3. The van der Waals surface area contributed by atoms with E-state index in [1.165, 1.54) is 6.20 Å². The molecule has 2 aromatic rings. The van der Waals surface area contributed by atoms with E-state index in [9.17, 15) is 4.79 Å². The van der Waals surface area contributed by atoms with Crippen LogP contribution in [-0.2, 0) is 0 Å². The van der Waals surface area contributed by atoms with Gasteiger partial charge in [0.15, 0.2) is 0 Å². The Kier molecular flexibility index (Phi) is 4.60. The summed E-state index contributed by atoms with van der Waals surface area (Å²) >= 11 is 0. The lowest BCUT2D eigenvalue weighted by molar-refractivity contribution is 0.102. The van der Waals surface area contributed by atoms with Crippen molar-refractivity contribution in [2.24, 2.45) is 0 Å². The van der Waals surface area contributed by atoms with E-state index >= 15 is 0 Å². The Labute approximate surface area is 117 Å². The highest BCUT2D eigenvalue weighted by Crippen LogP contribution is 2.09. The van der Waals surface area contributed by atoms with Gasteiger partial charge in [0.1, 0.15) is 11.5 Å². The number of carbonyl (C=O) groups excluding carboxylic acids is 1. The molecule has 0 unspecified atom stereocenters. The van der Waals surface area contributed by atoms with Gasteiger partial charge in [-0.2, -0.15) is 0 Å². The predicted octanol–water partition coefficient (Wildman–Crippen LogP) is 2.25. The molecule has 0 saturated heterocycles. The third-order valence-corrected chi connectivity index (χ3v) is 2.56. The smallest absolute Gasteiger partial charge is 0.275 e. The number of anilines is 2. The second-order valence-corrected chi connectivity index (χ2v) is 4.42. The molecule has 0 aliphatic carbocycles. The van der Waals surface area contributed by atoms with Crippen molar-refractivity contribution in [1.82, 2.24) is 15.0 Å². The van der Waals surface area contributed by atoms with E-state index in [-0.39, 0.29) is 11.6 Å². The van der Waals surface area contributed by atoms with Crippen molar-refractivity contribution in [3.63, 3.8) is 0 Å². The fraction of sp³-hybridized carbons (Fsp3) is 0.286. The maximum absolute atomic E-state index is 12.1. The van der Waals surface area contributed by atoms with Crippen LogP contribution in [0.2, 0.25) is 0 Å². The lowest BCUT2D eigenvalue weighted by Crippen LogP contribution is -2.15. The SMILES string of the molecule is CCCNc1cncc(C(=O)Nc2cncc(C)c2)n1. The van der Waals surface area contributed by atoms with Crippen LogP contribution in [0.3, 0.4) is 0 Å². The summed E-state index contributed by atoms with van der Waals surface area (Å²) in [6, 6.07) is 1.84. The molecular formula is C14H17N5O. The van der Waals surface area contributed by atoms with Gasteiger partial charge in [-0.1, -0.05) is 6.92 Å². The molecule has 104 valence electrons. The molecule has 0 fully saturated rings. The summed E-state index contributed by atoms with van der Waals surface area (Å²) in [5.74, 6) is 0.298. The quantitative estimate of drug-likeness (QED) is 0.872. The monoisotopic (exact) mass is 271 g/mol. The molecule has 0 saturated carbocycles. The topological polar surface area (TPSA) is 79.8 Å². The fourth-order valence-corrected chi connectivity index (χ4v) is 1.63. The van der Waals surface area contributed by atoms with Gasteiger partial charge in [0.2, 0.25) is 0 Å². The Morgan fingerprint density at radius 2 is 2.00 bits per heavy atom. The van der Waals surface area contributed by atoms with Crippen LogP contribution in [0.4, 0.5) is 11.5 Å². The molecule has 2 aromatic heterocycles. The van der Waals surface area contributed by atoms with Crippen molar-refractivity contribution in [3.05, 3.63) is 42.1 Å². The van der Waals surface area contributed by atoms with Crippen LogP contribution in [0.5, 0.6) is 0 Å². The molecule has 0 atom stereocenters. The van der Waals surface area contributed by atoms with Crippen LogP contribution in [-0.4, -0.2) is 27.4 Å². The van der Waals surface area contributed by atoms with Gasteiger partial charge in [-0.25, -0.2) is 4.98 Å². The highest BCUT2D eigenvalue weighted by atomic mass is 16.1. The van der Waals surface area contributed by atoms with Crippen LogP contribution >= 0.6 is 0 Å². The number of hydrogen-bond acceptors (Lipinski definition) is 5. The van der Waals surface area contributed by atoms with Gasteiger partial charge in [0.05, 0.1) is 24.3 Å². The predicted molar refractivity (Wildman–Crippen MR) is 77.7 cm³/mol. The zero-order chi connectivity index (χ0) is 14.4. The first kappa shape index (κ1) is 13.9. The summed E-state index contributed by atoms with van der Waals surface area (Å²) in [5.41, 5.74) is 1.89. The lowest BCUT2D eigenvalue weighted by atomic mass is 10.3. The first-order valence-electron chi connectivity index (χ1n) is 6.48. The Hall–Kier alpha value is -2.50. The number of amides is 1.